The van der Waals surface area contributed by atoms with Gasteiger partial charge in [0.2, 0.25) is 0 Å². The first-order chi connectivity index (χ1) is 20.4. The molecule has 0 saturated carbocycles. The van der Waals surface area contributed by atoms with Gasteiger partial charge in [-0.25, -0.2) is 9.59 Å². The molecule has 1 saturated heterocycles. The van der Waals surface area contributed by atoms with Gasteiger partial charge in [0.05, 0.1) is 34.8 Å². The third-order valence-electron chi connectivity index (χ3n) is 6.22. The van der Waals surface area contributed by atoms with Crippen LogP contribution in [-0.2, 0) is 37.0 Å². The highest BCUT2D eigenvalue weighted by Crippen LogP contribution is 2.25. The fraction of sp³-hybridized carbons (Fsp3) is 0.400. The Labute approximate surface area is 245 Å². The number of ether oxygens (including phenoxy) is 2. The summed E-state index contributed by atoms with van der Waals surface area (Å²) in [5, 5.41) is 33.0. The number of nitriles is 1. The molecule has 0 spiro atoms. The van der Waals surface area contributed by atoms with E-state index in [2.05, 4.69) is 5.32 Å². The molecular formula is C25H28N6O11S. The Bertz CT molecular complexity index is 1460. The maximum atomic E-state index is 13.1. The number of nitro benzene ring substituents is 2. The number of benzene rings is 2. The molecule has 1 heterocycles. The van der Waals surface area contributed by atoms with Crippen LogP contribution in [0.25, 0.3) is 0 Å². The molecule has 2 atom stereocenters. The van der Waals surface area contributed by atoms with Crippen LogP contribution < -0.4 is 5.32 Å². The van der Waals surface area contributed by atoms with Gasteiger partial charge in [0.15, 0.2) is 6.19 Å². The Kier molecular flexibility index (Phi) is 11.1. The largest absolute Gasteiger partial charge is 0.445 e. The van der Waals surface area contributed by atoms with Crippen molar-refractivity contribution in [2.45, 2.75) is 31.8 Å². The quantitative estimate of drug-likeness (QED) is 0.0848. The Morgan fingerprint density at radius 2 is 1.56 bits per heavy atom. The number of amides is 2. The number of likely N-dealkylation sites (tertiary alicyclic amines) is 1. The summed E-state index contributed by atoms with van der Waals surface area (Å²) >= 11 is 0. The summed E-state index contributed by atoms with van der Waals surface area (Å²) in [6.45, 7) is -0.729. The van der Waals surface area contributed by atoms with Gasteiger partial charge in [-0.05, 0) is 41.8 Å². The van der Waals surface area contributed by atoms with Crippen LogP contribution in [0, 0.1) is 31.7 Å². The van der Waals surface area contributed by atoms with E-state index < -0.39 is 44.3 Å². The van der Waals surface area contributed by atoms with E-state index >= 15 is 0 Å². The van der Waals surface area contributed by atoms with E-state index in [0.717, 1.165) is 6.26 Å². The maximum Gasteiger partial charge on any atom is 0.410 e. The molecule has 0 bridgehead atoms. The summed E-state index contributed by atoms with van der Waals surface area (Å²) in [6, 6.07) is 9.97. The molecular weight excluding hydrogens is 592 g/mol. The molecule has 1 N–H and O–H groups in total. The van der Waals surface area contributed by atoms with Crippen LogP contribution in [0.4, 0.5) is 21.0 Å². The molecule has 2 amide bonds. The van der Waals surface area contributed by atoms with Crippen molar-refractivity contribution in [2.24, 2.45) is 0 Å². The minimum atomic E-state index is -3.88. The summed E-state index contributed by atoms with van der Waals surface area (Å²) in [6.07, 6.45) is 0.0512. The Morgan fingerprint density at radius 1 is 1.02 bits per heavy atom. The molecule has 2 aromatic rings. The number of carbonyl (C=O) groups excluding carboxylic acids is 2. The van der Waals surface area contributed by atoms with Crippen molar-refractivity contribution in [2.75, 3.05) is 32.4 Å². The molecule has 1 aliphatic heterocycles. The molecule has 1 aliphatic rings. The number of carbonyl (C=O) groups is 2. The van der Waals surface area contributed by atoms with Gasteiger partial charge in [-0.1, -0.05) is 0 Å². The van der Waals surface area contributed by atoms with Crippen LogP contribution in [0.2, 0.25) is 0 Å². The third-order valence-corrected chi connectivity index (χ3v) is 6.84. The zero-order valence-electron chi connectivity index (χ0n) is 22.9. The molecule has 17 nitrogen and oxygen atoms in total. The summed E-state index contributed by atoms with van der Waals surface area (Å²) in [4.78, 5) is 49.1. The number of nitrogens with zero attached hydrogens (tertiary/aromatic N) is 5. The fourth-order valence-electron chi connectivity index (χ4n) is 4.24. The highest BCUT2D eigenvalue weighted by molar-refractivity contribution is 7.86. The molecule has 3 rings (SSSR count). The smallest absolute Gasteiger partial charge is 0.410 e. The summed E-state index contributed by atoms with van der Waals surface area (Å²) in [7, 11) is -3.88. The van der Waals surface area contributed by atoms with Gasteiger partial charge >= 0.3 is 12.2 Å². The van der Waals surface area contributed by atoms with Crippen LogP contribution in [0.1, 0.15) is 17.5 Å². The first kappa shape index (κ1) is 32.5. The average molecular weight is 621 g/mol. The van der Waals surface area contributed by atoms with Crippen LogP contribution in [0.5, 0.6) is 0 Å². The van der Waals surface area contributed by atoms with Gasteiger partial charge in [0.1, 0.15) is 13.2 Å². The minimum absolute atomic E-state index is 0.0214. The topological polar surface area (TPSA) is 225 Å². The van der Waals surface area contributed by atoms with Crippen LogP contribution in [-0.4, -0.2) is 84.8 Å². The van der Waals surface area contributed by atoms with Crippen molar-refractivity contribution < 1.29 is 41.5 Å². The minimum Gasteiger partial charge on any atom is -0.445 e. The van der Waals surface area contributed by atoms with Gasteiger partial charge in [-0.3, -0.25) is 24.4 Å². The Balaban J connectivity index is 1.71. The van der Waals surface area contributed by atoms with E-state index in [9.17, 15) is 38.2 Å². The summed E-state index contributed by atoms with van der Waals surface area (Å²) in [5.74, 6) is 0. The molecule has 0 aliphatic carbocycles. The van der Waals surface area contributed by atoms with Gasteiger partial charge < -0.3 is 24.6 Å². The number of hydrogen-bond donors (Lipinski definition) is 1. The van der Waals surface area contributed by atoms with Crippen LogP contribution >= 0.6 is 0 Å². The van der Waals surface area contributed by atoms with Gasteiger partial charge in [-0.15, -0.1) is 0 Å². The van der Waals surface area contributed by atoms with Crippen molar-refractivity contribution in [3.8, 4) is 6.19 Å². The lowest BCUT2D eigenvalue weighted by Gasteiger charge is -2.29. The second kappa shape index (κ2) is 14.7. The van der Waals surface area contributed by atoms with Crippen molar-refractivity contribution in [3.63, 3.8) is 0 Å². The predicted molar refractivity (Wildman–Crippen MR) is 147 cm³/mol. The molecule has 230 valence electrons. The molecule has 0 unspecified atom stereocenters. The highest BCUT2D eigenvalue weighted by atomic mass is 32.2. The number of hydrogen-bond acceptors (Lipinski definition) is 13. The standard InChI is InChI=1S/C25H28N6O11S/c1-43(38,39)42-23-12-22(29(14-23)25(33)41-16-19-4-8-21(9-5-19)31(36)37)13-28(11-10-27-17-26)24(32)40-15-18-2-6-20(7-3-18)30(34)35/h2-9,22-23,27H,10-16H2,1H3/t22-,23+/m0/s1. The van der Waals surface area contributed by atoms with E-state index in [1.165, 1.54) is 58.3 Å². The van der Waals surface area contributed by atoms with Crippen molar-refractivity contribution in [1.82, 2.24) is 15.1 Å². The summed E-state index contributed by atoms with van der Waals surface area (Å²) < 4.78 is 39.4. The Morgan fingerprint density at radius 3 is 2.05 bits per heavy atom. The lowest BCUT2D eigenvalue weighted by molar-refractivity contribution is -0.385. The molecule has 43 heavy (non-hydrogen) atoms. The van der Waals surface area contributed by atoms with E-state index in [1.807, 2.05) is 0 Å². The zero-order valence-corrected chi connectivity index (χ0v) is 23.7. The monoisotopic (exact) mass is 620 g/mol. The highest BCUT2D eigenvalue weighted by Gasteiger charge is 2.40. The van der Waals surface area contributed by atoms with E-state index in [0.29, 0.717) is 11.1 Å². The Hall–Kier alpha value is -5.02. The first-order valence-electron chi connectivity index (χ1n) is 12.7. The molecule has 1 fully saturated rings. The average Bonchev–Trinajstić information content (AvgIpc) is 3.35. The van der Waals surface area contributed by atoms with E-state index in [1.54, 1.807) is 6.19 Å². The van der Waals surface area contributed by atoms with E-state index in [4.69, 9.17) is 18.9 Å². The summed E-state index contributed by atoms with van der Waals surface area (Å²) in [5.41, 5.74) is 0.680. The molecule has 0 aromatic heterocycles. The second-order valence-electron chi connectivity index (χ2n) is 9.41. The number of nitrogens with one attached hydrogen (secondary N) is 1. The molecule has 0 radical (unpaired) electrons. The number of rotatable bonds is 13. The van der Waals surface area contributed by atoms with Crippen molar-refractivity contribution in [1.29, 1.82) is 5.26 Å². The zero-order chi connectivity index (χ0) is 31.6. The van der Waals surface area contributed by atoms with Crippen molar-refractivity contribution in [3.05, 3.63) is 79.9 Å². The lowest BCUT2D eigenvalue weighted by atomic mass is 10.2. The number of non-ortho nitro benzene ring substituents is 2. The van der Waals surface area contributed by atoms with Crippen molar-refractivity contribution >= 4 is 33.7 Å². The predicted octanol–water partition coefficient (Wildman–Crippen LogP) is 2.27. The van der Waals surface area contributed by atoms with Gasteiger partial charge in [-0.2, -0.15) is 13.7 Å². The van der Waals surface area contributed by atoms with Gasteiger partial charge in [0, 0.05) is 43.9 Å². The molecule has 2 aromatic carbocycles. The van der Waals surface area contributed by atoms with E-state index in [-0.39, 0.29) is 57.2 Å². The lowest BCUT2D eigenvalue weighted by Crippen LogP contribution is -2.47. The molecule has 18 heteroatoms. The SMILES string of the molecule is CS(=O)(=O)O[C@@H]1C[C@@H](CN(CCNC#N)C(=O)OCc2ccc([N+](=O)[O-])cc2)N(C(=O)OCc2ccc([N+](=O)[O-])cc2)C1. The second-order valence-corrected chi connectivity index (χ2v) is 11.0. The fourth-order valence-corrected chi connectivity index (χ4v) is 4.87. The number of nitro groups is 2. The van der Waals surface area contributed by atoms with Crippen LogP contribution in [0.3, 0.4) is 0 Å². The van der Waals surface area contributed by atoms with Crippen LogP contribution in [0.15, 0.2) is 48.5 Å². The third kappa shape index (κ3) is 10.1. The maximum absolute atomic E-state index is 13.1. The van der Waals surface area contributed by atoms with Gasteiger partial charge in [0.25, 0.3) is 21.5 Å². The normalized spacial score (nSPS) is 16.1. The first-order valence-corrected chi connectivity index (χ1v) is 14.5.